The first kappa shape index (κ1) is 29.9. The molecular formula is C35H37ClN2OS. The Hall–Kier alpha value is -3.10. The number of fused-ring (bicyclic) bond motifs is 1. The number of hydrogen-bond acceptors (Lipinski definition) is 4. The summed E-state index contributed by atoms with van der Waals surface area (Å²) in [7, 11) is 0. The maximum atomic E-state index is 10.7. The van der Waals surface area contributed by atoms with E-state index in [0.29, 0.717) is 10.3 Å². The van der Waals surface area contributed by atoms with E-state index in [2.05, 4.69) is 72.4 Å². The molecule has 0 saturated heterocycles. The standard InChI is InChI=1S/C33H34ClNOS.C2H3N/c1-33(2,36)30-9-4-3-7-25(30)15-19-32(37-22-24-10-11-24)27-8-5-6-23(20-27)12-17-29-18-14-26-13-16-28(34)21-31(26)35-29;1-2-3/h3-9,12-14,16-18,20-21,24,32,36H,10-11,15,19,22H2,1-2H3;1H3/b17-12+;/t32-;/m1./s1. The summed E-state index contributed by atoms with van der Waals surface area (Å²) in [5, 5.41) is 20.2. The van der Waals surface area contributed by atoms with Gasteiger partial charge in [-0.3, -0.25) is 0 Å². The van der Waals surface area contributed by atoms with Gasteiger partial charge < -0.3 is 5.11 Å². The molecule has 1 aromatic heterocycles. The SMILES string of the molecule is CC#N.CC(C)(O)c1ccccc1CC[C@@H](SCC1CC1)c1cccc(/C=C/c2ccc3ccc(Cl)cc3n2)c1. The van der Waals surface area contributed by atoms with Crippen LogP contribution in [0.15, 0.2) is 78.9 Å². The van der Waals surface area contributed by atoms with E-state index in [0.717, 1.165) is 40.9 Å². The number of aromatic nitrogens is 1. The van der Waals surface area contributed by atoms with Gasteiger partial charge in [0.1, 0.15) is 0 Å². The van der Waals surface area contributed by atoms with Gasteiger partial charge in [-0.05, 0) is 97.7 Å². The van der Waals surface area contributed by atoms with Gasteiger partial charge in [0.05, 0.1) is 22.9 Å². The van der Waals surface area contributed by atoms with E-state index < -0.39 is 5.60 Å². The molecule has 206 valence electrons. The maximum absolute atomic E-state index is 10.7. The number of rotatable bonds is 10. The van der Waals surface area contributed by atoms with Gasteiger partial charge in [0, 0.05) is 22.6 Å². The summed E-state index contributed by atoms with van der Waals surface area (Å²) < 4.78 is 0. The van der Waals surface area contributed by atoms with Gasteiger partial charge in [0.2, 0.25) is 0 Å². The van der Waals surface area contributed by atoms with Crippen molar-refractivity contribution in [1.29, 1.82) is 5.26 Å². The van der Waals surface area contributed by atoms with Crippen LogP contribution in [0.4, 0.5) is 0 Å². The van der Waals surface area contributed by atoms with Gasteiger partial charge in [-0.2, -0.15) is 17.0 Å². The van der Waals surface area contributed by atoms with Crippen LogP contribution in [-0.2, 0) is 12.0 Å². The minimum atomic E-state index is -0.833. The molecule has 40 heavy (non-hydrogen) atoms. The molecule has 1 aliphatic carbocycles. The molecule has 3 aromatic carbocycles. The first-order valence-corrected chi connectivity index (χ1v) is 15.3. The van der Waals surface area contributed by atoms with Crippen molar-refractivity contribution in [1.82, 2.24) is 4.98 Å². The number of thioether (sulfide) groups is 1. The van der Waals surface area contributed by atoms with E-state index in [-0.39, 0.29) is 0 Å². The van der Waals surface area contributed by atoms with Crippen LogP contribution >= 0.6 is 23.4 Å². The molecule has 0 radical (unpaired) electrons. The average molecular weight is 569 g/mol. The highest BCUT2D eigenvalue weighted by Crippen LogP contribution is 2.41. The van der Waals surface area contributed by atoms with Crippen molar-refractivity contribution in [3.8, 4) is 6.07 Å². The van der Waals surface area contributed by atoms with E-state index in [1.54, 1.807) is 6.07 Å². The second-order valence-corrected chi connectivity index (χ2v) is 12.5. The van der Waals surface area contributed by atoms with Crippen LogP contribution in [0.3, 0.4) is 0 Å². The molecule has 1 fully saturated rings. The molecule has 3 nitrogen and oxygen atoms in total. The van der Waals surface area contributed by atoms with Gasteiger partial charge in [0.25, 0.3) is 0 Å². The minimum absolute atomic E-state index is 0.421. The zero-order valence-electron chi connectivity index (χ0n) is 23.5. The van der Waals surface area contributed by atoms with Gasteiger partial charge in [-0.15, -0.1) is 0 Å². The monoisotopic (exact) mass is 568 g/mol. The molecule has 1 saturated carbocycles. The number of benzene rings is 3. The molecule has 0 bridgehead atoms. The molecule has 4 aromatic rings. The first-order chi connectivity index (χ1) is 19.3. The van der Waals surface area contributed by atoms with Crippen LogP contribution in [-0.4, -0.2) is 15.8 Å². The fourth-order valence-electron chi connectivity index (χ4n) is 4.75. The first-order valence-electron chi connectivity index (χ1n) is 13.8. The summed E-state index contributed by atoms with van der Waals surface area (Å²) in [5.41, 5.74) is 5.81. The number of pyridine rings is 1. The van der Waals surface area contributed by atoms with E-state index in [1.165, 1.54) is 42.2 Å². The lowest BCUT2D eigenvalue weighted by Crippen LogP contribution is -2.18. The highest BCUT2D eigenvalue weighted by molar-refractivity contribution is 7.99. The normalized spacial score (nSPS) is 14.0. The minimum Gasteiger partial charge on any atom is -0.386 e. The lowest BCUT2D eigenvalue weighted by atomic mass is 9.90. The highest BCUT2D eigenvalue weighted by atomic mass is 35.5. The molecule has 1 aliphatic rings. The van der Waals surface area contributed by atoms with Crippen molar-refractivity contribution >= 4 is 46.4 Å². The molecule has 1 atom stereocenters. The van der Waals surface area contributed by atoms with E-state index >= 15 is 0 Å². The number of halogens is 1. The van der Waals surface area contributed by atoms with Crippen molar-refractivity contribution in [2.75, 3.05) is 5.75 Å². The second-order valence-electron chi connectivity index (χ2n) is 10.8. The summed E-state index contributed by atoms with van der Waals surface area (Å²) >= 11 is 8.26. The maximum Gasteiger partial charge on any atom is 0.0843 e. The Bertz CT molecular complexity index is 1500. The van der Waals surface area contributed by atoms with Crippen molar-refractivity contribution < 1.29 is 5.11 Å². The molecule has 0 aliphatic heterocycles. The molecule has 0 unspecified atom stereocenters. The molecule has 1 N–H and O–H groups in total. The largest absolute Gasteiger partial charge is 0.386 e. The lowest BCUT2D eigenvalue weighted by Gasteiger charge is -2.23. The Morgan fingerprint density at radius 2 is 1.80 bits per heavy atom. The number of nitriles is 1. The van der Waals surface area contributed by atoms with Crippen molar-refractivity contribution in [3.05, 3.63) is 112 Å². The van der Waals surface area contributed by atoms with Gasteiger partial charge in [-0.25, -0.2) is 4.98 Å². The molecule has 5 rings (SSSR count). The Labute approximate surface area is 247 Å². The predicted molar refractivity (Wildman–Crippen MR) is 171 cm³/mol. The Balaban J connectivity index is 0.00000118. The lowest BCUT2D eigenvalue weighted by molar-refractivity contribution is 0.0776. The summed E-state index contributed by atoms with van der Waals surface area (Å²) in [6.45, 7) is 5.18. The molecule has 0 amide bonds. The van der Waals surface area contributed by atoms with Gasteiger partial charge in [0.15, 0.2) is 0 Å². The van der Waals surface area contributed by atoms with Crippen molar-refractivity contribution in [2.45, 2.75) is 57.3 Å². The van der Waals surface area contributed by atoms with E-state index in [4.69, 9.17) is 21.8 Å². The third kappa shape index (κ3) is 8.70. The number of hydrogen-bond donors (Lipinski definition) is 1. The van der Waals surface area contributed by atoms with Crippen LogP contribution in [0.25, 0.3) is 23.1 Å². The summed E-state index contributed by atoms with van der Waals surface area (Å²) in [5.74, 6) is 2.10. The number of aryl methyl sites for hydroxylation is 1. The molecule has 5 heteroatoms. The van der Waals surface area contributed by atoms with Crippen molar-refractivity contribution in [2.24, 2.45) is 5.92 Å². The van der Waals surface area contributed by atoms with E-state index in [9.17, 15) is 5.11 Å². The van der Waals surface area contributed by atoms with E-state index in [1.807, 2.05) is 44.2 Å². The summed E-state index contributed by atoms with van der Waals surface area (Å²) in [6.07, 6.45) is 8.96. The smallest absolute Gasteiger partial charge is 0.0843 e. The summed E-state index contributed by atoms with van der Waals surface area (Å²) in [6, 6.07) is 28.9. The molecule has 0 spiro atoms. The molecular weight excluding hydrogens is 532 g/mol. The van der Waals surface area contributed by atoms with Crippen LogP contribution in [0.2, 0.25) is 5.02 Å². The predicted octanol–water partition coefficient (Wildman–Crippen LogP) is 9.63. The average Bonchev–Trinajstić information content (AvgIpc) is 3.76. The zero-order valence-corrected chi connectivity index (χ0v) is 25.1. The number of nitrogens with zero attached hydrogens (tertiary/aromatic N) is 2. The highest BCUT2D eigenvalue weighted by Gasteiger charge is 2.25. The Morgan fingerprint density at radius 1 is 1.05 bits per heavy atom. The number of aliphatic hydroxyl groups is 1. The topological polar surface area (TPSA) is 56.9 Å². The fourth-order valence-corrected chi connectivity index (χ4v) is 6.38. The third-order valence-corrected chi connectivity index (χ3v) is 8.80. The second kappa shape index (κ2) is 14.0. The van der Waals surface area contributed by atoms with Crippen LogP contribution in [0.1, 0.15) is 73.2 Å². The zero-order chi connectivity index (χ0) is 28.5. The molecule has 1 heterocycles. The van der Waals surface area contributed by atoms with Crippen LogP contribution in [0.5, 0.6) is 0 Å². The van der Waals surface area contributed by atoms with Crippen molar-refractivity contribution in [3.63, 3.8) is 0 Å². The van der Waals surface area contributed by atoms with Crippen LogP contribution in [0, 0.1) is 17.2 Å². The quantitative estimate of drug-likeness (QED) is 0.207. The van der Waals surface area contributed by atoms with Gasteiger partial charge >= 0.3 is 0 Å². The van der Waals surface area contributed by atoms with Gasteiger partial charge in [-0.1, -0.05) is 78.3 Å². The Kier molecular flexibility index (Phi) is 10.5. The third-order valence-electron chi connectivity index (χ3n) is 6.99. The van der Waals surface area contributed by atoms with Crippen LogP contribution < -0.4 is 0 Å². The summed E-state index contributed by atoms with van der Waals surface area (Å²) in [4.78, 5) is 4.76. The Morgan fingerprint density at radius 3 is 2.55 bits per heavy atom. The fraction of sp³-hybridized carbons (Fsp3) is 0.314.